The third kappa shape index (κ3) is 3.29. The topological polar surface area (TPSA) is 16.4 Å². The van der Waals surface area contributed by atoms with Crippen molar-refractivity contribution in [1.29, 1.82) is 0 Å². The molecule has 9 aromatic rings. The van der Waals surface area contributed by atoms with Crippen LogP contribution >= 0.6 is 0 Å². The van der Waals surface area contributed by atoms with Gasteiger partial charge in [0.05, 0.1) is 11.4 Å². The van der Waals surface area contributed by atoms with Crippen LogP contribution < -0.4 is 4.90 Å². The molecule has 1 aliphatic rings. The number of nitrogens with zero attached hydrogens (tertiary/aromatic N) is 1. The Morgan fingerprint density at radius 1 is 0.444 bits per heavy atom. The molecule has 2 nitrogen and oxygen atoms in total. The van der Waals surface area contributed by atoms with Crippen molar-refractivity contribution in [2.75, 3.05) is 4.90 Å². The monoisotopic (exact) mass is 575 g/mol. The van der Waals surface area contributed by atoms with Gasteiger partial charge in [-0.25, -0.2) is 0 Å². The molecule has 0 bridgehead atoms. The molecular weight excluding hydrogens is 546 g/mol. The lowest BCUT2D eigenvalue weighted by Crippen LogP contribution is -2.30. The first kappa shape index (κ1) is 24.8. The van der Waals surface area contributed by atoms with E-state index in [0.717, 1.165) is 27.6 Å². The molecule has 0 saturated carbocycles. The molecule has 2 heteroatoms. The Morgan fingerprint density at radius 2 is 1.07 bits per heavy atom. The van der Waals surface area contributed by atoms with Gasteiger partial charge in [-0.05, 0) is 96.7 Å². The van der Waals surface area contributed by atoms with Gasteiger partial charge in [0.15, 0.2) is 0 Å². The van der Waals surface area contributed by atoms with Crippen LogP contribution in [0.1, 0.15) is 25.0 Å². The summed E-state index contributed by atoms with van der Waals surface area (Å²) in [7, 11) is 0. The second-order valence-electron chi connectivity index (χ2n) is 12.9. The van der Waals surface area contributed by atoms with Gasteiger partial charge in [0.25, 0.3) is 0 Å². The molecule has 2 heterocycles. The molecule has 10 rings (SSSR count). The zero-order valence-electron chi connectivity index (χ0n) is 25.1. The molecule has 0 fully saturated rings. The first-order valence-corrected chi connectivity index (χ1v) is 15.7. The highest BCUT2D eigenvalue weighted by atomic mass is 16.3. The summed E-state index contributed by atoms with van der Waals surface area (Å²) in [5.41, 5.74) is 7.97. The fourth-order valence-corrected chi connectivity index (χ4v) is 8.07. The van der Waals surface area contributed by atoms with Crippen LogP contribution in [0.15, 0.2) is 144 Å². The van der Waals surface area contributed by atoms with Crippen molar-refractivity contribution in [3.8, 4) is 0 Å². The van der Waals surface area contributed by atoms with Crippen molar-refractivity contribution in [3.63, 3.8) is 0 Å². The summed E-state index contributed by atoms with van der Waals surface area (Å²) in [5, 5.41) is 12.4. The molecular formula is C43H29NO. The SMILES string of the molecule is CC1(C)c2ccccc2N(c2ccc3oc4cc5c(cc4c3c2)c2ccccc2c2ccc3ccccc3c25)c2ccccc21. The van der Waals surface area contributed by atoms with Gasteiger partial charge >= 0.3 is 0 Å². The van der Waals surface area contributed by atoms with E-state index in [1.54, 1.807) is 0 Å². The van der Waals surface area contributed by atoms with E-state index >= 15 is 0 Å². The molecule has 45 heavy (non-hydrogen) atoms. The van der Waals surface area contributed by atoms with Gasteiger partial charge in [0.2, 0.25) is 0 Å². The normalized spacial score (nSPS) is 14.1. The summed E-state index contributed by atoms with van der Waals surface area (Å²) >= 11 is 0. The van der Waals surface area contributed by atoms with Crippen LogP contribution in [0, 0.1) is 0 Å². The molecule has 0 aliphatic carbocycles. The largest absolute Gasteiger partial charge is 0.456 e. The Labute approximate surface area is 260 Å². The van der Waals surface area contributed by atoms with Crippen LogP contribution in [0.2, 0.25) is 0 Å². The van der Waals surface area contributed by atoms with E-state index in [0.29, 0.717) is 0 Å². The Kier molecular flexibility index (Phi) is 4.82. The van der Waals surface area contributed by atoms with Crippen LogP contribution in [0.5, 0.6) is 0 Å². The number of hydrogen-bond donors (Lipinski definition) is 0. The second kappa shape index (κ2) is 8.74. The maximum Gasteiger partial charge on any atom is 0.136 e. The van der Waals surface area contributed by atoms with Gasteiger partial charge in [-0.3, -0.25) is 0 Å². The minimum atomic E-state index is -0.0942. The third-order valence-electron chi connectivity index (χ3n) is 10.2. The van der Waals surface area contributed by atoms with Gasteiger partial charge in [0, 0.05) is 21.9 Å². The minimum Gasteiger partial charge on any atom is -0.456 e. The average Bonchev–Trinajstić information content (AvgIpc) is 3.44. The van der Waals surface area contributed by atoms with E-state index in [1.165, 1.54) is 65.6 Å². The van der Waals surface area contributed by atoms with Crippen molar-refractivity contribution in [2.24, 2.45) is 0 Å². The van der Waals surface area contributed by atoms with Crippen molar-refractivity contribution in [2.45, 2.75) is 19.3 Å². The highest BCUT2D eigenvalue weighted by Gasteiger charge is 2.36. The molecule has 0 amide bonds. The number of furan rings is 1. The predicted molar refractivity (Wildman–Crippen MR) is 191 cm³/mol. The lowest BCUT2D eigenvalue weighted by atomic mass is 9.73. The van der Waals surface area contributed by atoms with Crippen LogP contribution in [0.25, 0.3) is 65.0 Å². The summed E-state index contributed by atoms with van der Waals surface area (Å²) in [6.45, 7) is 4.66. The number of para-hydroxylation sites is 2. The van der Waals surface area contributed by atoms with Gasteiger partial charge in [-0.1, -0.05) is 111 Å². The van der Waals surface area contributed by atoms with E-state index in [1.807, 2.05) is 0 Å². The number of benzene rings is 8. The molecule has 1 aliphatic heterocycles. The molecule has 1 aromatic heterocycles. The van der Waals surface area contributed by atoms with Gasteiger partial charge in [0.1, 0.15) is 11.2 Å². The minimum absolute atomic E-state index is 0.0942. The standard InChI is InChI=1S/C43H29NO/c1-43(2)36-15-7-9-17-38(36)44(39-18-10-8-16-37(39)43)27-20-22-40-33(23-27)34-24-32-30-14-6-5-13-29(30)31-21-19-26-11-3-4-12-28(26)42(31)35(32)25-41(34)45-40/h3-25H,1-2H3. The first-order chi connectivity index (χ1) is 22.1. The molecule has 0 N–H and O–H groups in total. The lowest BCUT2D eigenvalue weighted by Gasteiger charge is -2.42. The highest BCUT2D eigenvalue weighted by molar-refractivity contribution is 6.33. The number of fused-ring (bicyclic) bond motifs is 13. The Bertz CT molecular complexity index is 2640. The molecule has 212 valence electrons. The fourth-order valence-electron chi connectivity index (χ4n) is 8.07. The van der Waals surface area contributed by atoms with Crippen molar-refractivity contribution in [3.05, 3.63) is 151 Å². The van der Waals surface area contributed by atoms with E-state index in [2.05, 4.69) is 158 Å². The fraction of sp³-hybridized carbons (Fsp3) is 0.0698. The third-order valence-corrected chi connectivity index (χ3v) is 10.2. The van der Waals surface area contributed by atoms with Crippen LogP contribution in [-0.2, 0) is 5.41 Å². The van der Waals surface area contributed by atoms with Crippen LogP contribution in [-0.4, -0.2) is 0 Å². The second-order valence-corrected chi connectivity index (χ2v) is 12.9. The smallest absolute Gasteiger partial charge is 0.136 e. The van der Waals surface area contributed by atoms with E-state index in [-0.39, 0.29) is 5.41 Å². The summed E-state index contributed by atoms with van der Waals surface area (Å²) in [5.74, 6) is 0. The van der Waals surface area contributed by atoms with Crippen molar-refractivity contribution < 1.29 is 4.42 Å². The van der Waals surface area contributed by atoms with Crippen molar-refractivity contribution >= 4 is 82.1 Å². The van der Waals surface area contributed by atoms with Crippen LogP contribution in [0.4, 0.5) is 17.1 Å². The van der Waals surface area contributed by atoms with E-state index in [9.17, 15) is 0 Å². The van der Waals surface area contributed by atoms with Gasteiger partial charge in [-0.2, -0.15) is 0 Å². The van der Waals surface area contributed by atoms with E-state index < -0.39 is 0 Å². The number of hydrogen-bond acceptors (Lipinski definition) is 2. The molecule has 0 saturated heterocycles. The summed E-state index contributed by atoms with van der Waals surface area (Å²) in [6.07, 6.45) is 0. The zero-order valence-corrected chi connectivity index (χ0v) is 25.1. The summed E-state index contributed by atoms with van der Waals surface area (Å²) < 4.78 is 6.63. The van der Waals surface area contributed by atoms with Gasteiger partial charge < -0.3 is 9.32 Å². The molecule has 0 radical (unpaired) electrons. The maximum atomic E-state index is 6.63. The summed E-state index contributed by atoms with van der Waals surface area (Å²) in [4.78, 5) is 2.42. The Hall–Kier alpha value is -5.60. The Morgan fingerprint density at radius 3 is 1.82 bits per heavy atom. The van der Waals surface area contributed by atoms with E-state index in [4.69, 9.17) is 4.42 Å². The Balaban J connectivity index is 1.29. The van der Waals surface area contributed by atoms with Gasteiger partial charge in [-0.15, -0.1) is 0 Å². The number of rotatable bonds is 1. The average molecular weight is 576 g/mol. The van der Waals surface area contributed by atoms with Crippen LogP contribution in [0.3, 0.4) is 0 Å². The first-order valence-electron chi connectivity index (χ1n) is 15.7. The molecule has 8 aromatic carbocycles. The molecule has 0 unspecified atom stereocenters. The maximum absolute atomic E-state index is 6.63. The van der Waals surface area contributed by atoms with Crippen molar-refractivity contribution in [1.82, 2.24) is 0 Å². The highest BCUT2D eigenvalue weighted by Crippen LogP contribution is 2.52. The lowest BCUT2D eigenvalue weighted by molar-refractivity contribution is 0.632. The zero-order chi connectivity index (χ0) is 29.9. The molecule has 0 spiro atoms. The molecule has 0 atom stereocenters. The summed E-state index contributed by atoms with van der Waals surface area (Å²) in [6, 6.07) is 51.0. The predicted octanol–water partition coefficient (Wildman–Crippen LogP) is 12.3. The number of anilines is 3. The quantitative estimate of drug-likeness (QED) is 0.181.